The molecule has 0 bridgehead atoms. The number of piperidine rings is 1. The van der Waals surface area contributed by atoms with Gasteiger partial charge in [-0.15, -0.1) is 10.2 Å². The minimum atomic E-state index is -0.0735. The second kappa shape index (κ2) is 8.60. The van der Waals surface area contributed by atoms with Gasteiger partial charge in [0.05, 0.1) is 6.04 Å². The van der Waals surface area contributed by atoms with Crippen molar-refractivity contribution in [2.75, 3.05) is 19.6 Å². The molecule has 24 heavy (non-hydrogen) atoms. The van der Waals surface area contributed by atoms with Crippen LogP contribution in [-0.4, -0.2) is 45.2 Å². The van der Waals surface area contributed by atoms with Gasteiger partial charge in [-0.2, -0.15) is 0 Å². The van der Waals surface area contributed by atoms with E-state index in [0.717, 1.165) is 18.8 Å². The molecule has 2 aliphatic rings. The van der Waals surface area contributed by atoms with Crippen molar-refractivity contribution < 1.29 is 4.79 Å². The molecule has 1 aliphatic heterocycles. The highest BCUT2D eigenvalue weighted by Crippen LogP contribution is 2.31. The van der Waals surface area contributed by atoms with E-state index >= 15 is 0 Å². The molecule has 1 saturated carbocycles. The van der Waals surface area contributed by atoms with Crippen molar-refractivity contribution in [3.63, 3.8) is 0 Å². The van der Waals surface area contributed by atoms with Crippen LogP contribution in [0.25, 0.3) is 0 Å². The molecule has 3 rings (SSSR count). The van der Waals surface area contributed by atoms with E-state index in [1.807, 2.05) is 13.3 Å². The average Bonchev–Trinajstić information content (AvgIpc) is 3.27. The molecule has 1 aromatic heterocycles. The van der Waals surface area contributed by atoms with E-state index in [-0.39, 0.29) is 11.9 Å². The molecule has 2 fully saturated rings. The standard InChI is InChI=1S/C18H31N5O/c1-15(18-21-19-14-23(18)16-8-3-4-9-16)20-17(24)10-7-13-22-11-5-2-6-12-22/h14-16H,2-13H2,1H3,(H,20,24). The molecule has 1 amide bonds. The van der Waals surface area contributed by atoms with Gasteiger partial charge >= 0.3 is 0 Å². The quantitative estimate of drug-likeness (QED) is 0.833. The number of hydrogen-bond acceptors (Lipinski definition) is 4. The van der Waals surface area contributed by atoms with Crippen LogP contribution in [0.5, 0.6) is 0 Å². The van der Waals surface area contributed by atoms with Crippen LogP contribution in [0.2, 0.25) is 0 Å². The second-order valence-electron chi connectivity index (χ2n) is 7.33. The third-order valence-electron chi connectivity index (χ3n) is 5.41. The highest BCUT2D eigenvalue weighted by molar-refractivity contribution is 5.76. The van der Waals surface area contributed by atoms with Gasteiger partial charge in [0, 0.05) is 12.5 Å². The predicted molar refractivity (Wildman–Crippen MR) is 93.6 cm³/mol. The molecule has 0 spiro atoms. The van der Waals surface area contributed by atoms with Crippen molar-refractivity contribution in [2.45, 2.75) is 76.8 Å². The lowest BCUT2D eigenvalue weighted by molar-refractivity contribution is -0.122. The third kappa shape index (κ3) is 4.56. The Morgan fingerprint density at radius 2 is 2.00 bits per heavy atom. The Morgan fingerprint density at radius 1 is 1.25 bits per heavy atom. The van der Waals surface area contributed by atoms with Crippen molar-refractivity contribution in [1.29, 1.82) is 0 Å². The molecular formula is C18H31N5O. The fourth-order valence-corrected chi connectivity index (χ4v) is 4.05. The number of aromatic nitrogens is 3. The summed E-state index contributed by atoms with van der Waals surface area (Å²) >= 11 is 0. The zero-order valence-corrected chi connectivity index (χ0v) is 14.9. The topological polar surface area (TPSA) is 63.1 Å². The van der Waals surface area contributed by atoms with Crippen LogP contribution in [0.15, 0.2) is 6.33 Å². The molecule has 1 N–H and O–H groups in total. The summed E-state index contributed by atoms with van der Waals surface area (Å²) in [7, 11) is 0. The highest BCUT2D eigenvalue weighted by Gasteiger charge is 2.23. The number of likely N-dealkylation sites (tertiary alicyclic amines) is 1. The third-order valence-corrected chi connectivity index (χ3v) is 5.41. The Balaban J connectivity index is 1.43. The molecule has 6 heteroatoms. The van der Waals surface area contributed by atoms with Crippen LogP contribution in [0.4, 0.5) is 0 Å². The lowest BCUT2D eigenvalue weighted by Crippen LogP contribution is -2.32. The minimum absolute atomic E-state index is 0.0735. The molecule has 1 aliphatic carbocycles. The van der Waals surface area contributed by atoms with Gasteiger partial charge in [0.15, 0.2) is 5.82 Å². The number of nitrogens with one attached hydrogen (secondary N) is 1. The van der Waals surface area contributed by atoms with E-state index in [1.165, 1.54) is 58.0 Å². The fraction of sp³-hybridized carbons (Fsp3) is 0.833. The Labute approximate surface area is 145 Å². The number of rotatable bonds is 7. The first-order chi connectivity index (χ1) is 11.7. The zero-order valence-electron chi connectivity index (χ0n) is 14.9. The van der Waals surface area contributed by atoms with Gasteiger partial charge in [-0.3, -0.25) is 4.79 Å². The number of nitrogens with zero attached hydrogens (tertiary/aromatic N) is 4. The summed E-state index contributed by atoms with van der Waals surface area (Å²) in [6.07, 6.45) is 12.3. The Bertz CT molecular complexity index is 517. The predicted octanol–water partition coefficient (Wildman–Crippen LogP) is 2.84. The summed E-state index contributed by atoms with van der Waals surface area (Å²) < 4.78 is 2.17. The van der Waals surface area contributed by atoms with Crippen LogP contribution in [-0.2, 0) is 4.79 Å². The summed E-state index contributed by atoms with van der Waals surface area (Å²) in [6, 6.07) is 0.434. The fourth-order valence-electron chi connectivity index (χ4n) is 4.05. The van der Waals surface area contributed by atoms with Crippen molar-refractivity contribution in [1.82, 2.24) is 25.0 Å². The molecule has 6 nitrogen and oxygen atoms in total. The van der Waals surface area contributed by atoms with Gasteiger partial charge in [0.2, 0.25) is 5.91 Å². The van der Waals surface area contributed by atoms with Gasteiger partial charge in [0.1, 0.15) is 6.33 Å². The lowest BCUT2D eigenvalue weighted by Gasteiger charge is -2.26. The van der Waals surface area contributed by atoms with Crippen LogP contribution in [0.3, 0.4) is 0 Å². The van der Waals surface area contributed by atoms with E-state index in [2.05, 4.69) is 25.0 Å². The van der Waals surface area contributed by atoms with Crippen LogP contribution >= 0.6 is 0 Å². The maximum Gasteiger partial charge on any atom is 0.220 e. The monoisotopic (exact) mass is 333 g/mol. The van der Waals surface area contributed by atoms with Gasteiger partial charge in [-0.1, -0.05) is 19.3 Å². The van der Waals surface area contributed by atoms with E-state index in [9.17, 15) is 4.79 Å². The number of amides is 1. The second-order valence-corrected chi connectivity index (χ2v) is 7.33. The van der Waals surface area contributed by atoms with Gasteiger partial charge in [0.25, 0.3) is 0 Å². The summed E-state index contributed by atoms with van der Waals surface area (Å²) in [5, 5.41) is 11.4. The summed E-state index contributed by atoms with van der Waals surface area (Å²) in [6.45, 7) is 5.45. The number of carbonyl (C=O) groups excluding carboxylic acids is 1. The van der Waals surface area contributed by atoms with Crippen molar-refractivity contribution in [3.8, 4) is 0 Å². The maximum absolute atomic E-state index is 12.2. The molecule has 1 saturated heterocycles. The molecule has 1 unspecified atom stereocenters. The smallest absolute Gasteiger partial charge is 0.220 e. The molecule has 0 radical (unpaired) electrons. The van der Waals surface area contributed by atoms with Crippen LogP contribution < -0.4 is 5.32 Å². The minimum Gasteiger partial charge on any atom is -0.346 e. The lowest BCUT2D eigenvalue weighted by atomic mass is 10.1. The summed E-state index contributed by atoms with van der Waals surface area (Å²) in [5.41, 5.74) is 0. The van der Waals surface area contributed by atoms with Crippen LogP contribution in [0.1, 0.15) is 82.6 Å². The first kappa shape index (κ1) is 17.4. The van der Waals surface area contributed by atoms with E-state index < -0.39 is 0 Å². The summed E-state index contributed by atoms with van der Waals surface area (Å²) in [5.74, 6) is 1.02. The highest BCUT2D eigenvalue weighted by atomic mass is 16.1. The Hall–Kier alpha value is -1.43. The Kier molecular flexibility index (Phi) is 6.24. The zero-order chi connectivity index (χ0) is 16.8. The van der Waals surface area contributed by atoms with E-state index in [4.69, 9.17) is 0 Å². The number of hydrogen-bond donors (Lipinski definition) is 1. The Morgan fingerprint density at radius 3 is 2.75 bits per heavy atom. The van der Waals surface area contributed by atoms with Gasteiger partial charge < -0.3 is 14.8 Å². The maximum atomic E-state index is 12.2. The molecular weight excluding hydrogens is 302 g/mol. The van der Waals surface area contributed by atoms with Gasteiger partial charge in [-0.25, -0.2) is 0 Å². The van der Waals surface area contributed by atoms with E-state index in [1.54, 1.807) is 0 Å². The van der Waals surface area contributed by atoms with Gasteiger partial charge in [-0.05, 0) is 58.7 Å². The SMILES string of the molecule is CC(NC(=O)CCCN1CCCCC1)c1nncn1C1CCCC1. The normalized spacial score (nSPS) is 21.0. The average molecular weight is 333 g/mol. The van der Waals surface area contributed by atoms with Crippen molar-refractivity contribution in [2.24, 2.45) is 0 Å². The molecule has 134 valence electrons. The first-order valence-electron chi connectivity index (χ1n) is 9.65. The molecule has 1 aromatic rings. The van der Waals surface area contributed by atoms with E-state index in [0.29, 0.717) is 12.5 Å². The first-order valence-corrected chi connectivity index (χ1v) is 9.65. The molecule has 0 aromatic carbocycles. The molecule has 1 atom stereocenters. The van der Waals surface area contributed by atoms with Crippen molar-refractivity contribution in [3.05, 3.63) is 12.2 Å². The molecule has 2 heterocycles. The summed E-state index contributed by atoms with van der Waals surface area (Å²) in [4.78, 5) is 14.7. The largest absolute Gasteiger partial charge is 0.346 e. The van der Waals surface area contributed by atoms with Crippen molar-refractivity contribution >= 4 is 5.91 Å². The number of carbonyl (C=O) groups is 1. The van der Waals surface area contributed by atoms with Crippen LogP contribution in [0, 0.1) is 0 Å².